The van der Waals surface area contributed by atoms with Crippen molar-refractivity contribution in [2.45, 2.75) is 44.4 Å². The second-order valence-electron chi connectivity index (χ2n) is 5.72. The van der Waals surface area contributed by atoms with E-state index in [0.29, 0.717) is 29.7 Å². The van der Waals surface area contributed by atoms with Crippen LogP contribution in [0.3, 0.4) is 0 Å². The van der Waals surface area contributed by atoms with Crippen LogP contribution in [0.25, 0.3) is 11.0 Å². The van der Waals surface area contributed by atoms with E-state index in [9.17, 15) is 9.18 Å². The quantitative estimate of drug-likeness (QED) is 0.690. The fourth-order valence-corrected chi connectivity index (χ4v) is 3.49. The van der Waals surface area contributed by atoms with Crippen LogP contribution in [-0.2, 0) is 0 Å². The number of ether oxygens (including phenoxy) is 1. The van der Waals surface area contributed by atoms with Gasteiger partial charge >= 0.3 is 5.63 Å². The third-order valence-electron chi connectivity index (χ3n) is 4.50. The summed E-state index contributed by atoms with van der Waals surface area (Å²) in [5.41, 5.74) is 1.38. The van der Waals surface area contributed by atoms with Gasteiger partial charge in [-0.15, -0.1) is 0 Å². The number of aryl methyl sites for hydroxylation is 1. The standard InChI is InChI=1S/C16H15FO3/c1-8-4-2-6-10-14(8)20-16(18)12-9-5-3-7-11(13(9)17)19-15(10)12/h2,4,6,9,11,13H,3,5,7H2,1H3. The lowest BCUT2D eigenvalue weighted by Gasteiger charge is -2.38. The number of hydrogen-bond acceptors (Lipinski definition) is 3. The van der Waals surface area contributed by atoms with Gasteiger partial charge in [-0.1, -0.05) is 12.1 Å². The van der Waals surface area contributed by atoms with Gasteiger partial charge in [-0.2, -0.15) is 0 Å². The second-order valence-corrected chi connectivity index (χ2v) is 5.72. The zero-order chi connectivity index (χ0) is 13.9. The summed E-state index contributed by atoms with van der Waals surface area (Å²) < 4.78 is 25.6. The zero-order valence-corrected chi connectivity index (χ0v) is 11.2. The smallest absolute Gasteiger partial charge is 0.343 e. The van der Waals surface area contributed by atoms with Crippen LogP contribution in [0.2, 0.25) is 0 Å². The van der Waals surface area contributed by atoms with Crippen LogP contribution in [0.15, 0.2) is 27.4 Å². The topological polar surface area (TPSA) is 39.4 Å². The summed E-state index contributed by atoms with van der Waals surface area (Å²) in [5, 5.41) is 0.781. The normalized spacial score (nSPS) is 28.0. The van der Waals surface area contributed by atoms with E-state index in [1.165, 1.54) is 0 Å². The molecule has 2 aliphatic rings. The molecule has 1 fully saturated rings. The third kappa shape index (κ3) is 1.48. The molecule has 0 amide bonds. The van der Waals surface area contributed by atoms with Gasteiger partial charge < -0.3 is 9.15 Å². The molecule has 1 saturated carbocycles. The number of halogens is 1. The van der Waals surface area contributed by atoms with E-state index in [2.05, 4.69) is 0 Å². The highest BCUT2D eigenvalue weighted by Crippen LogP contribution is 2.46. The molecule has 0 N–H and O–H groups in total. The van der Waals surface area contributed by atoms with Gasteiger partial charge in [0.05, 0.1) is 10.9 Å². The van der Waals surface area contributed by atoms with Gasteiger partial charge in [0.2, 0.25) is 0 Å². The molecule has 1 aliphatic carbocycles. The van der Waals surface area contributed by atoms with Crippen LogP contribution < -0.4 is 10.4 Å². The van der Waals surface area contributed by atoms with Gasteiger partial charge in [-0.05, 0) is 37.8 Å². The third-order valence-corrected chi connectivity index (χ3v) is 4.50. The van der Waals surface area contributed by atoms with Crippen LogP contribution in [0.1, 0.15) is 36.3 Å². The molecule has 1 aromatic heterocycles. The molecule has 0 saturated heterocycles. The van der Waals surface area contributed by atoms with Crippen molar-refractivity contribution in [3.63, 3.8) is 0 Å². The molecule has 3 nitrogen and oxygen atoms in total. The molecule has 1 aliphatic heterocycles. The van der Waals surface area contributed by atoms with Gasteiger partial charge in [-0.3, -0.25) is 0 Å². The summed E-state index contributed by atoms with van der Waals surface area (Å²) >= 11 is 0. The maximum atomic E-state index is 14.3. The van der Waals surface area contributed by atoms with Crippen LogP contribution >= 0.6 is 0 Å². The molecule has 3 unspecified atom stereocenters. The number of alkyl halides is 1. The minimum Gasteiger partial charge on any atom is -0.486 e. The molecule has 2 bridgehead atoms. The zero-order valence-electron chi connectivity index (χ0n) is 11.2. The van der Waals surface area contributed by atoms with Crippen molar-refractivity contribution in [3.05, 3.63) is 39.7 Å². The van der Waals surface area contributed by atoms with Gasteiger partial charge in [0, 0.05) is 5.92 Å². The Kier molecular flexibility index (Phi) is 2.43. The van der Waals surface area contributed by atoms with Crippen LogP contribution in [-0.4, -0.2) is 12.3 Å². The maximum absolute atomic E-state index is 14.3. The van der Waals surface area contributed by atoms with Crippen LogP contribution in [0.4, 0.5) is 4.39 Å². The molecule has 3 atom stereocenters. The monoisotopic (exact) mass is 274 g/mol. The Labute approximate surface area is 115 Å². The van der Waals surface area contributed by atoms with Crippen molar-refractivity contribution in [2.24, 2.45) is 0 Å². The lowest BCUT2D eigenvalue weighted by molar-refractivity contribution is 0.0276. The van der Waals surface area contributed by atoms with Crippen molar-refractivity contribution < 1.29 is 13.5 Å². The molecular formula is C16H15FO3. The molecule has 4 heteroatoms. The molecule has 0 spiro atoms. The van der Waals surface area contributed by atoms with Gasteiger partial charge in [0.15, 0.2) is 0 Å². The van der Waals surface area contributed by atoms with E-state index in [0.717, 1.165) is 17.4 Å². The summed E-state index contributed by atoms with van der Waals surface area (Å²) in [6, 6.07) is 5.66. The van der Waals surface area contributed by atoms with E-state index in [1.54, 1.807) is 0 Å². The van der Waals surface area contributed by atoms with E-state index in [-0.39, 0.29) is 5.92 Å². The van der Waals surface area contributed by atoms with Crippen molar-refractivity contribution in [1.82, 2.24) is 0 Å². The predicted molar refractivity (Wildman–Crippen MR) is 73.1 cm³/mol. The van der Waals surface area contributed by atoms with Crippen LogP contribution in [0, 0.1) is 6.92 Å². The first kappa shape index (κ1) is 11.9. The Balaban J connectivity index is 2.07. The Bertz CT molecular complexity index is 749. The van der Waals surface area contributed by atoms with E-state index < -0.39 is 17.9 Å². The molecule has 0 radical (unpaired) electrons. The first-order valence-electron chi connectivity index (χ1n) is 7.04. The fraction of sp³-hybridized carbons (Fsp3) is 0.438. The van der Waals surface area contributed by atoms with Crippen molar-refractivity contribution in [3.8, 4) is 5.75 Å². The highest BCUT2D eigenvalue weighted by molar-refractivity contribution is 5.87. The number of benzene rings is 1. The predicted octanol–water partition coefficient (Wildman–Crippen LogP) is 3.47. The summed E-state index contributed by atoms with van der Waals surface area (Å²) in [5.74, 6) is 0.169. The Morgan fingerprint density at radius 2 is 2.15 bits per heavy atom. The average Bonchev–Trinajstić information content (AvgIpc) is 2.40. The second kappa shape index (κ2) is 4.08. The van der Waals surface area contributed by atoms with Crippen molar-refractivity contribution in [1.29, 1.82) is 0 Å². The summed E-state index contributed by atoms with van der Waals surface area (Å²) in [6.45, 7) is 1.89. The number of para-hydroxylation sites is 1. The molecule has 1 aromatic carbocycles. The maximum Gasteiger partial charge on any atom is 0.343 e. The average molecular weight is 274 g/mol. The van der Waals surface area contributed by atoms with Crippen LogP contribution in [0.5, 0.6) is 5.75 Å². The Hall–Kier alpha value is -1.84. The SMILES string of the molecule is Cc1cccc2c3c(c(=O)oc12)C1CCCC(O3)C1F. The highest BCUT2D eigenvalue weighted by atomic mass is 19.1. The van der Waals surface area contributed by atoms with Gasteiger partial charge in [0.25, 0.3) is 0 Å². The highest BCUT2D eigenvalue weighted by Gasteiger charge is 2.44. The Morgan fingerprint density at radius 3 is 3.00 bits per heavy atom. The largest absolute Gasteiger partial charge is 0.486 e. The van der Waals surface area contributed by atoms with Gasteiger partial charge in [0.1, 0.15) is 23.6 Å². The number of fused-ring (bicyclic) bond motifs is 6. The first-order chi connectivity index (χ1) is 9.66. The number of hydrogen-bond donors (Lipinski definition) is 0. The van der Waals surface area contributed by atoms with Crippen molar-refractivity contribution >= 4 is 11.0 Å². The number of rotatable bonds is 0. The minimum absolute atomic E-state index is 0.376. The molecule has 104 valence electrons. The molecular weight excluding hydrogens is 259 g/mol. The first-order valence-corrected chi connectivity index (χ1v) is 7.04. The van der Waals surface area contributed by atoms with E-state index in [4.69, 9.17) is 9.15 Å². The molecule has 2 aromatic rings. The fourth-order valence-electron chi connectivity index (χ4n) is 3.49. The minimum atomic E-state index is -1.10. The van der Waals surface area contributed by atoms with Gasteiger partial charge in [-0.25, -0.2) is 9.18 Å². The Morgan fingerprint density at radius 1 is 1.30 bits per heavy atom. The van der Waals surface area contributed by atoms with E-state index >= 15 is 0 Å². The molecule has 2 heterocycles. The summed E-state index contributed by atoms with van der Waals surface area (Å²) in [6.07, 6.45) is 0.773. The lowest BCUT2D eigenvalue weighted by atomic mass is 9.78. The molecule has 4 rings (SSSR count). The van der Waals surface area contributed by atoms with Crippen molar-refractivity contribution in [2.75, 3.05) is 0 Å². The van der Waals surface area contributed by atoms with E-state index in [1.807, 2.05) is 25.1 Å². The summed E-state index contributed by atoms with van der Waals surface area (Å²) in [4.78, 5) is 12.3. The summed E-state index contributed by atoms with van der Waals surface area (Å²) in [7, 11) is 0. The molecule has 20 heavy (non-hydrogen) atoms. The lowest BCUT2D eigenvalue weighted by Crippen LogP contribution is -2.43.